The molecule has 3 nitrogen and oxygen atoms in total. The van der Waals surface area contributed by atoms with Crippen LogP contribution in [0.5, 0.6) is 0 Å². The lowest BCUT2D eigenvalue weighted by Crippen LogP contribution is -1.98. The highest BCUT2D eigenvalue weighted by Crippen LogP contribution is 2.15. The topological polar surface area (TPSA) is 38.1 Å². The molecule has 84 valence electrons. The van der Waals surface area contributed by atoms with Crippen LogP contribution in [0.15, 0.2) is 39.5 Å². The maximum absolute atomic E-state index is 5.59. The van der Waals surface area contributed by atoms with Gasteiger partial charge in [0.1, 0.15) is 11.5 Å². The third kappa shape index (κ3) is 2.85. The first-order chi connectivity index (χ1) is 7.78. The van der Waals surface area contributed by atoms with Crippen molar-refractivity contribution in [2.75, 3.05) is 5.32 Å². The van der Waals surface area contributed by atoms with E-state index in [1.165, 1.54) is 0 Å². The Bertz CT molecular complexity index is 468. The normalized spacial score (nSPS) is 10.4. The third-order valence-corrected chi connectivity index (χ3v) is 2.67. The molecule has 4 heteroatoms. The van der Waals surface area contributed by atoms with Gasteiger partial charge in [0, 0.05) is 17.1 Å². The van der Waals surface area contributed by atoms with Crippen molar-refractivity contribution >= 4 is 21.6 Å². The van der Waals surface area contributed by atoms with Crippen LogP contribution in [0.3, 0.4) is 0 Å². The third-order valence-electron chi connectivity index (χ3n) is 2.24. The monoisotopic (exact) mass is 280 g/mol. The molecule has 1 N–H and O–H groups in total. The SMILES string of the molecule is CCc1ccc(CNc2cncc(Br)c2)o1. The van der Waals surface area contributed by atoms with Gasteiger partial charge in [0.05, 0.1) is 18.4 Å². The van der Waals surface area contributed by atoms with Gasteiger partial charge in [-0.1, -0.05) is 6.92 Å². The van der Waals surface area contributed by atoms with Crippen molar-refractivity contribution < 1.29 is 4.42 Å². The summed E-state index contributed by atoms with van der Waals surface area (Å²) in [6, 6.07) is 5.99. The number of aryl methyl sites for hydroxylation is 1. The second-order valence-electron chi connectivity index (χ2n) is 3.47. The fourth-order valence-electron chi connectivity index (χ4n) is 1.41. The fraction of sp³-hybridized carbons (Fsp3) is 0.250. The van der Waals surface area contributed by atoms with E-state index in [0.717, 1.165) is 28.1 Å². The molecule has 0 aliphatic heterocycles. The molecule has 16 heavy (non-hydrogen) atoms. The Balaban J connectivity index is 1.96. The van der Waals surface area contributed by atoms with E-state index in [2.05, 4.69) is 33.2 Å². The van der Waals surface area contributed by atoms with Gasteiger partial charge in [-0.2, -0.15) is 0 Å². The Morgan fingerprint density at radius 1 is 1.31 bits per heavy atom. The number of hydrogen-bond donors (Lipinski definition) is 1. The molecule has 2 rings (SSSR count). The van der Waals surface area contributed by atoms with E-state index < -0.39 is 0 Å². The molecule has 0 fully saturated rings. The first kappa shape index (κ1) is 11.2. The lowest BCUT2D eigenvalue weighted by Gasteiger charge is -2.03. The van der Waals surface area contributed by atoms with Gasteiger partial charge < -0.3 is 9.73 Å². The van der Waals surface area contributed by atoms with Crippen molar-refractivity contribution in [2.24, 2.45) is 0 Å². The number of pyridine rings is 1. The molecule has 0 spiro atoms. The van der Waals surface area contributed by atoms with Gasteiger partial charge >= 0.3 is 0 Å². The number of furan rings is 1. The predicted molar refractivity (Wildman–Crippen MR) is 67.3 cm³/mol. The molecule has 0 aliphatic carbocycles. The lowest BCUT2D eigenvalue weighted by molar-refractivity contribution is 0.476. The first-order valence-corrected chi connectivity index (χ1v) is 5.99. The molecule has 2 aromatic rings. The van der Waals surface area contributed by atoms with Crippen LogP contribution >= 0.6 is 15.9 Å². The quantitative estimate of drug-likeness (QED) is 0.930. The van der Waals surface area contributed by atoms with Crippen molar-refractivity contribution in [3.8, 4) is 0 Å². The summed E-state index contributed by atoms with van der Waals surface area (Å²) in [5.74, 6) is 1.96. The number of hydrogen-bond acceptors (Lipinski definition) is 3. The zero-order valence-corrected chi connectivity index (χ0v) is 10.6. The van der Waals surface area contributed by atoms with Crippen LogP contribution in [0.25, 0.3) is 0 Å². The molecular formula is C12H13BrN2O. The Labute approximate surface area is 103 Å². The summed E-state index contributed by atoms with van der Waals surface area (Å²) in [6.07, 6.45) is 4.47. The van der Waals surface area contributed by atoms with Crippen molar-refractivity contribution in [3.63, 3.8) is 0 Å². The molecular weight excluding hydrogens is 268 g/mol. The van der Waals surface area contributed by atoms with E-state index in [4.69, 9.17) is 4.42 Å². The molecule has 0 aromatic carbocycles. The van der Waals surface area contributed by atoms with Gasteiger partial charge in [-0.25, -0.2) is 0 Å². The second-order valence-corrected chi connectivity index (χ2v) is 4.38. The number of halogens is 1. The van der Waals surface area contributed by atoms with Gasteiger partial charge in [-0.15, -0.1) is 0 Å². The summed E-state index contributed by atoms with van der Waals surface area (Å²) in [4.78, 5) is 4.08. The van der Waals surface area contributed by atoms with Crippen LogP contribution in [-0.4, -0.2) is 4.98 Å². The predicted octanol–water partition coefficient (Wildman–Crippen LogP) is 3.61. The van der Waals surface area contributed by atoms with E-state index in [0.29, 0.717) is 6.54 Å². The molecule has 2 heterocycles. The molecule has 0 atom stereocenters. The van der Waals surface area contributed by atoms with Crippen LogP contribution in [0.2, 0.25) is 0 Å². The van der Waals surface area contributed by atoms with E-state index in [1.54, 1.807) is 12.4 Å². The smallest absolute Gasteiger partial charge is 0.123 e. The van der Waals surface area contributed by atoms with E-state index in [-0.39, 0.29) is 0 Å². The fourth-order valence-corrected chi connectivity index (χ4v) is 1.77. The average Bonchev–Trinajstić information content (AvgIpc) is 2.74. The minimum atomic E-state index is 0.679. The van der Waals surface area contributed by atoms with E-state index >= 15 is 0 Å². The van der Waals surface area contributed by atoms with E-state index in [9.17, 15) is 0 Å². The number of rotatable bonds is 4. The number of nitrogens with one attached hydrogen (secondary N) is 1. The number of aromatic nitrogens is 1. The molecule has 0 unspecified atom stereocenters. The van der Waals surface area contributed by atoms with Gasteiger partial charge in [0.2, 0.25) is 0 Å². The largest absolute Gasteiger partial charge is 0.464 e. The van der Waals surface area contributed by atoms with Crippen molar-refractivity contribution in [3.05, 3.63) is 46.6 Å². The minimum Gasteiger partial charge on any atom is -0.464 e. The average molecular weight is 281 g/mol. The van der Waals surface area contributed by atoms with Crippen LogP contribution in [-0.2, 0) is 13.0 Å². The van der Waals surface area contributed by atoms with Crippen molar-refractivity contribution in [2.45, 2.75) is 19.9 Å². The van der Waals surface area contributed by atoms with Crippen LogP contribution in [0, 0.1) is 0 Å². The molecule has 0 radical (unpaired) electrons. The Kier molecular flexibility index (Phi) is 3.62. The maximum Gasteiger partial charge on any atom is 0.123 e. The van der Waals surface area contributed by atoms with Crippen LogP contribution in [0.4, 0.5) is 5.69 Å². The van der Waals surface area contributed by atoms with E-state index in [1.807, 2.05) is 18.2 Å². The lowest BCUT2D eigenvalue weighted by atomic mass is 10.3. The van der Waals surface area contributed by atoms with Gasteiger partial charge in [0.25, 0.3) is 0 Å². The second kappa shape index (κ2) is 5.16. The molecule has 0 bridgehead atoms. The summed E-state index contributed by atoms with van der Waals surface area (Å²) in [5, 5.41) is 3.25. The summed E-state index contributed by atoms with van der Waals surface area (Å²) >= 11 is 3.38. The summed E-state index contributed by atoms with van der Waals surface area (Å²) in [5.41, 5.74) is 0.976. The molecule has 0 saturated carbocycles. The highest BCUT2D eigenvalue weighted by molar-refractivity contribution is 9.10. The highest BCUT2D eigenvalue weighted by atomic mass is 79.9. The zero-order chi connectivity index (χ0) is 11.4. The number of anilines is 1. The van der Waals surface area contributed by atoms with Crippen LogP contribution in [0.1, 0.15) is 18.4 Å². The maximum atomic E-state index is 5.59. The summed E-state index contributed by atoms with van der Waals surface area (Å²) in [6.45, 7) is 2.76. The minimum absolute atomic E-state index is 0.679. The van der Waals surface area contributed by atoms with Gasteiger partial charge in [-0.3, -0.25) is 4.98 Å². The first-order valence-electron chi connectivity index (χ1n) is 5.20. The standard InChI is InChI=1S/C12H13BrN2O/c1-2-11-3-4-12(16-11)8-15-10-5-9(13)6-14-7-10/h3-7,15H,2,8H2,1H3. The highest BCUT2D eigenvalue weighted by Gasteiger charge is 2.00. The molecule has 2 aromatic heterocycles. The summed E-state index contributed by atoms with van der Waals surface area (Å²) in [7, 11) is 0. The zero-order valence-electron chi connectivity index (χ0n) is 9.03. The van der Waals surface area contributed by atoms with Gasteiger partial charge in [-0.05, 0) is 34.1 Å². The van der Waals surface area contributed by atoms with Crippen LogP contribution < -0.4 is 5.32 Å². The Morgan fingerprint density at radius 2 is 2.12 bits per heavy atom. The number of nitrogens with zero attached hydrogens (tertiary/aromatic N) is 1. The summed E-state index contributed by atoms with van der Waals surface area (Å²) < 4.78 is 6.55. The molecule has 0 saturated heterocycles. The Morgan fingerprint density at radius 3 is 2.81 bits per heavy atom. The molecule has 0 amide bonds. The Hall–Kier alpha value is -1.29. The van der Waals surface area contributed by atoms with Gasteiger partial charge in [0.15, 0.2) is 0 Å². The van der Waals surface area contributed by atoms with Crippen molar-refractivity contribution in [1.29, 1.82) is 0 Å². The van der Waals surface area contributed by atoms with Crippen molar-refractivity contribution in [1.82, 2.24) is 4.98 Å². The molecule has 0 aliphatic rings.